The third-order valence-corrected chi connectivity index (χ3v) is 0.682. The van der Waals surface area contributed by atoms with Crippen LogP contribution in [0.15, 0.2) is 16.0 Å². The van der Waals surface area contributed by atoms with Crippen molar-refractivity contribution >= 4 is 0 Å². The minimum atomic E-state index is 0.146. The molecule has 9 heavy (non-hydrogen) atoms. The Morgan fingerprint density at radius 2 is 2.78 bits per heavy atom. The molecule has 0 amide bonds. The lowest BCUT2D eigenvalue weighted by Crippen LogP contribution is -1.80. The SMILES string of the molecule is [N-]=[N+]=NCc1ncon1. The fourth-order valence-corrected chi connectivity index (χ4v) is 0.357. The molecule has 6 heteroatoms. The summed E-state index contributed by atoms with van der Waals surface area (Å²) in [5.74, 6) is 0.396. The summed E-state index contributed by atoms with van der Waals surface area (Å²) < 4.78 is 4.37. The molecule has 1 rings (SSSR count). The first-order chi connectivity index (χ1) is 4.43. The van der Waals surface area contributed by atoms with E-state index in [0.717, 1.165) is 0 Å². The lowest BCUT2D eigenvalue weighted by atomic mass is 10.6. The molecule has 1 heterocycles. The number of hydrogen-bond donors (Lipinski definition) is 0. The normalized spacial score (nSPS) is 8.44. The van der Waals surface area contributed by atoms with Gasteiger partial charge in [-0.3, -0.25) is 0 Å². The number of hydrogen-bond acceptors (Lipinski definition) is 4. The van der Waals surface area contributed by atoms with E-state index in [2.05, 4.69) is 24.7 Å². The summed E-state index contributed by atoms with van der Waals surface area (Å²) in [4.78, 5) is 6.12. The minimum absolute atomic E-state index is 0.146. The molecule has 0 aromatic carbocycles. The molecule has 0 saturated heterocycles. The molecule has 0 unspecified atom stereocenters. The van der Waals surface area contributed by atoms with Gasteiger partial charge in [-0.25, -0.2) is 0 Å². The number of aromatic nitrogens is 2. The Labute approximate surface area is 50.1 Å². The second-order valence-electron chi connectivity index (χ2n) is 1.24. The predicted molar refractivity (Wildman–Crippen MR) is 27.1 cm³/mol. The van der Waals surface area contributed by atoms with E-state index in [1.54, 1.807) is 0 Å². The average Bonchev–Trinajstić information content (AvgIpc) is 2.34. The van der Waals surface area contributed by atoms with Gasteiger partial charge in [-0.05, 0) is 5.53 Å². The maximum Gasteiger partial charge on any atom is 0.213 e. The van der Waals surface area contributed by atoms with Gasteiger partial charge >= 0.3 is 0 Å². The largest absolute Gasteiger partial charge is 0.343 e. The van der Waals surface area contributed by atoms with Crippen LogP contribution >= 0.6 is 0 Å². The van der Waals surface area contributed by atoms with Crippen LogP contribution in [0.4, 0.5) is 0 Å². The molecule has 0 fully saturated rings. The Kier molecular flexibility index (Phi) is 1.66. The highest BCUT2D eigenvalue weighted by Crippen LogP contribution is 1.89. The van der Waals surface area contributed by atoms with Gasteiger partial charge in [0.2, 0.25) is 6.39 Å². The van der Waals surface area contributed by atoms with E-state index in [1.165, 1.54) is 6.39 Å². The summed E-state index contributed by atoms with van der Waals surface area (Å²) in [6, 6.07) is 0. The van der Waals surface area contributed by atoms with Crippen molar-refractivity contribution in [3.63, 3.8) is 0 Å². The van der Waals surface area contributed by atoms with E-state index in [9.17, 15) is 0 Å². The van der Waals surface area contributed by atoms with Crippen molar-refractivity contribution in [1.29, 1.82) is 0 Å². The summed E-state index contributed by atoms with van der Waals surface area (Å²) in [5, 5.41) is 6.61. The van der Waals surface area contributed by atoms with Gasteiger partial charge in [-0.1, -0.05) is 10.3 Å². The molecule has 0 bridgehead atoms. The van der Waals surface area contributed by atoms with Gasteiger partial charge in [0.1, 0.15) is 0 Å². The van der Waals surface area contributed by atoms with Crippen molar-refractivity contribution in [2.45, 2.75) is 6.54 Å². The summed E-state index contributed by atoms with van der Waals surface area (Å²) in [5.41, 5.74) is 7.84. The third-order valence-electron chi connectivity index (χ3n) is 0.682. The molecule has 6 nitrogen and oxygen atoms in total. The van der Waals surface area contributed by atoms with Gasteiger partial charge in [0.15, 0.2) is 5.82 Å². The maximum atomic E-state index is 7.84. The molecule has 0 N–H and O–H groups in total. The van der Waals surface area contributed by atoms with Crippen molar-refractivity contribution in [3.8, 4) is 0 Å². The predicted octanol–water partition coefficient (Wildman–Crippen LogP) is 0.880. The highest BCUT2D eigenvalue weighted by molar-refractivity contribution is 4.75. The smallest absolute Gasteiger partial charge is 0.213 e. The number of azide groups is 1. The molecule has 0 saturated carbocycles. The zero-order valence-corrected chi connectivity index (χ0v) is 4.43. The lowest BCUT2D eigenvalue weighted by molar-refractivity contribution is 0.410. The second kappa shape index (κ2) is 2.68. The third kappa shape index (κ3) is 1.43. The molecule has 46 valence electrons. The minimum Gasteiger partial charge on any atom is -0.343 e. The molecule has 1 aromatic heterocycles. The van der Waals surface area contributed by atoms with Crippen LogP contribution in [0.2, 0.25) is 0 Å². The molecule has 0 radical (unpaired) electrons. The molecule has 0 aliphatic rings. The van der Waals surface area contributed by atoms with E-state index in [-0.39, 0.29) is 6.54 Å². The van der Waals surface area contributed by atoms with E-state index in [4.69, 9.17) is 5.53 Å². The standard InChI is InChI=1S/C3H3N5O/c4-8-6-1-3-5-2-9-7-3/h2H,1H2. The highest BCUT2D eigenvalue weighted by Gasteiger charge is 1.91. The summed E-state index contributed by atoms with van der Waals surface area (Å²) in [6.07, 6.45) is 1.18. The summed E-state index contributed by atoms with van der Waals surface area (Å²) in [7, 11) is 0. The second-order valence-corrected chi connectivity index (χ2v) is 1.24. The zero-order valence-electron chi connectivity index (χ0n) is 4.43. The number of nitrogens with zero attached hydrogens (tertiary/aromatic N) is 5. The van der Waals surface area contributed by atoms with Crippen molar-refractivity contribution in [2.24, 2.45) is 5.11 Å². The van der Waals surface area contributed by atoms with Crippen LogP contribution in [-0.4, -0.2) is 10.1 Å². The van der Waals surface area contributed by atoms with Gasteiger partial charge in [-0.2, -0.15) is 4.98 Å². The van der Waals surface area contributed by atoms with Crippen molar-refractivity contribution < 1.29 is 4.52 Å². The van der Waals surface area contributed by atoms with Crippen molar-refractivity contribution in [1.82, 2.24) is 10.1 Å². The average molecular weight is 125 g/mol. The first-order valence-electron chi connectivity index (χ1n) is 2.19. The van der Waals surface area contributed by atoms with E-state index in [0.29, 0.717) is 5.82 Å². The maximum absolute atomic E-state index is 7.84. The van der Waals surface area contributed by atoms with Crippen LogP contribution in [0.3, 0.4) is 0 Å². The van der Waals surface area contributed by atoms with Crippen LogP contribution in [0.1, 0.15) is 5.82 Å². The Morgan fingerprint density at radius 1 is 1.89 bits per heavy atom. The highest BCUT2D eigenvalue weighted by atomic mass is 16.5. The van der Waals surface area contributed by atoms with Gasteiger partial charge in [0.05, 0.1) is 6.54 Å². The topological polar surface area (TPSA) is 87.7 Å². The first-order valence-corrected chi connectivity index (χ1v) is 2.19. The number of rotatable bonds is 2. The van der Waals surface area contributed by atoms with Crippen molar-refractivity contribution in [2.75, 3.05) is 0 Å². The van der Waals surface area contributed by atoms with Crippen molar-refractivity contribution in [3.05, 3.63) is 22.7 Å². The molecular weight excluding hydrogens is 122 g/mol. The molecule has 0 aliphatic carbocycles. The Hall–Kier alpha value is -1.55. The van der Waals surface area contributed by atoms with Gasteiger partial charge < -0.3 is 4.52 Å². The first kappa shape index (κ1) is 5.58. The molecule has 0 spiro atoms. The van der Waals surface area contributed by atoms with Crippen LogP contribution in [0, 0.1) is 0 Å². The van der Waals surface area contributed by atoms with Crippen LogP contribution in [0.25, 0.3) is 10.4 Å². The Bertz CT molecular complexity index is 210. The van der Waals surface area contributed by atoms with Gasteiger partial charge in [0, 0.05) is 4.91 Å². The van der Waals surface area contributed by atoms with E-state index in [1.807, 2.05) is 0 Å². The zero-order chi connectivity index (χ0) is 6.53. The summed E-state index contributed by atoms with van der Waals surface area (Å²) >= 11 is 0. The molecule has 0 atom stereocenters. The lowest BCUT2D eigenvalue weighted by Gasteiger charge is -1.75. The molecule has 0 aliphatic heterocycles. The quantitative estimate of drug-likeness (QED) is 0.334. The van der Waals surface area contributed by atoms with Gasteiger partial charge in [-0.15, -0.1) is 0 Å². The van der Waals surface area contributed by atoms with Crippen LogP contribution < -0.4 is 0 Å². The molecule has 1 aromatic rings. The van der Waals surface area contributed by atoms with E-state index < -0.39 is 0 Å². The van der Waals surface area contributed by atoms with Gasteiger partial charge in [0.25, 0.3) is 0 Å². The van der Waals surface area contributed by atoms with E-state index >= 15 is 0 Å². The fourth-order valence-electron chi connectivity index (χ4n) is 0.357. The Morgan fingerprint density at radius 3 is 3.33 bits per heavy atom. The monoisotopic (exact) mass is 125 g/mol. The summed E-state index contributed by atoms with van der Waals surface area (Å²) in [6.45, 7) is 0.146. The molecular formula is C3H3N5O. The van der Waals surface area contributed by atoms with Crippen LogP contribution in [0.5, 0.6) is 0 Å². The van der Waals surface area contributed by atoms with Crippen LogP contribution in [-0.2, 0) is 6.54 Å². The fraction of sp³-hybridized carbons (Fsp3) is 0.333. The Balaban J connectivity index is 2.57.